The summed E-state index contributed by atoms with van der Waals surface area (Å²) in [4.78, 5) is 2.47. The number of piperazine rings is 1. The lowest BCUT2D eigenvalue weighted by molar-refractivity contribution is 0.226. The second-order valence-electron chi connectivity index (χ2n) is 6.68. The lowest BCUT2D eigenvalue weighted by Crippen LogP contribution is -2.66. The molecule has 1 saturated heterocycles. The number of benzene rings is 1. The van der Waals surface area contributed by atoms with Gasteiger partial charge in [0.15, 0.2) is 0 Å². The number of rotatable bonds is 1. The van der Waals surface area contributed by atoms with Crippen molar-refractivity contribution in [2.45, 2.75) is 45.7 Å². The van der Waals surface area contributed by atoms with Crippen molar-refractivity contribution in [1.82, 2.24) is 5.32 Å². The van der Waals surface area contributed by atoms with E-state index in [1.807, 2.05) is 0 Å². The van der Waals surface area contributed by atoms with Crippen LogP contribution in [0, 0.1) is 6.92 Å². The Morgan fingerprint density at radius 2 is 1.67 bits per heavy atom. The topological polar surface area (TPSA) is 15.3 Å². The van der Waals surface area contributed by atoms with Crippen LogP contribution in [0.1, 0.15) is 33.3 Å². The van der Waals surface area contributed by atoms with Gasteiger partial charge in [0.1, 0.15) is 0 Å². The molecule has 1 fully saturated rings. The van der Waals surface area contributed by atoms with Crippen molar-refractivity contribution in [2.75, 3.05) is 18.0 Å². The molecule has 0 radical (unpaired) electrons. The maximum atomic E-state index is 3.70. The molecule has 0 atom stereocenters. The highest BCUT2D eigenvalue weighted by molar-refractivity contribution is 9.10. The number of aryl methyl sites for hydroxylation is 1. The number of halogens is 1. The van der Waals surface area contributed by atoms with E-state index >= 15 is 0 Å². The Balaban J connectivity index is 2.29. The van der Waals surface area contributed by atoms with E-state index in [-0.39, 0.29) is 11.1 Å². The number of anilines is 1. The molecule has 1 N–H and O–H groups in total. The molecule has 0 aromatic heterocycles. The Kier molecular flexibility index (Phi) is 3.50. The number of nitrogens with zero attached hydrogens (tertiary/aromatic N) is 1. The van der Waals surface area contributed by atoms with Gasteiger partial charge in [0.2, 0.25) is 0 Å². The van der Waals surface area contributed by atoms with Gasteiger partial charge in [-0.15, -0.1) is 0 Å². The summed E-state index contributed by atoms with van der Waals surface area (Å²) in [5, 5.41) is 3.70. The Morgan fingerprint density at radius 3 is 2.17 bits per heavy atom. The van der Waals surface area contributed by atoms with Crippen molar-refractivity contribution in [3.8, 4) is 0 Å². The maximum absolute atomic E-state index is 3.70. The fourth-order valence-corrected chi connectivity index (χ4v) is 3.33. The Labute approximate surface area is 119 Å². The largest absolute Gasteiger partial charge is 0.368 e. The van der Waals surface area contributed by atoms with E-state index in [1.165, 1.54) is 15.7 Å². The van der Waals surface area contributed by atoms with Gasteiger partial charge in [-0.3, -0.25) is 0 Å². The van der Waals surface area contributed by atoms with Gasteiger partial charge in [0.05, 0.1) is 0 Å². The summed E-state index contributed by atoms with van der Waals surface area (Å²) in [6.45, 7) is 13.3. The second-order valence-corrected chi connectivity index (χ2v) is 7.54. The van der Waals surface area contributed by atoms with Crippen molar-refractivity contribution in [3.63, 3.8) is 0 Å². The summed E-state index contributed by atoms with van der Waals surface area (Å²) in [6.07, 6.45) is 0. The first kappa shape index (κ1) is 13.9. The van der Waals surface area contributed by atoms with Crippen LogP contribution in [0.2, 0.25) is 0 Å². The minimum Gasteiger partial charge on any atom is -0.368 e. The zero-order valence-corrected chi connectivity index (χ0v) is 13.6. The highest BCUT2D eigenvalue weighted by Crippen LogP contribution is 2.29. The fraction of sp³-hybridized carbons (Fsp3) is 0.600. The van der Waals surface area contributed by atoms with Crippen LogP contribution in [-0.2, 0) is 0 Å². The highest BCUT2D eigenvalue weighted by Gasteiger charge is 2.36. The monoisotopic (exact) mass is 310 g/mol. The van der Waals surface area contributed by atoms with E-state index in [4.69, 9.17) is 0 Å². The van der Waals surface area contributed by atoms with Crippen LogP contribution >= 0.6 is 15.9 Å². The van der Waals surface area contributed by atoms with E-state index in [2.05, 4.69) is 79.0 Å². The third kappa shape index (κ3) is 3.07. The van der Waals surface area contributed by atoms with Crippen LogP contribution in [0.5, 0.6) is 0 Å². The molecule has 1 aliphatic rings. The average molecular weight is 311 g/mol. The minimum absolute atomic E-state index is 0.138. The molecule has 1 aromatic carbocycles. The van der Waals surface area contributed by atoms with Crippen LogP contribution in [-0.4, -0.2) is 24.2 Å². The van der Waals surface area contributed by atoms with Gasteiger partial charge in [-0.1, -0.05) is 22.0 Å². The molecule has 18 heavy (non-hydrogen) atoms. The first-order valence-corrected chi connectivity index (χ1v) is 7.28. The number of nitrogens with one attached hydrogen (secondary N) is 1. The van der Waals surface area contributed by atoms with Gasteiger partial charge < -0.3 is 10.2 Å². The Morgan fingerprint density at radius 1 is 1.11 bits per heavy atom. The van der Waals surface area contributed by atoms with Crippen molar-refractivity contribution >= 4 is 21.6 Å². The average Bonchev–Trinajstić information content (AvgIpc) is 2.17. The van der Waals surface area contributed by atoms with E-state index < -0.39 is 0 Å². The SMILES string of the molecule is Cc1ccc(N2CC(C)(C)NC(C)(C)C2)cc1Br. The van der Waals surface area contributed by atoms with Gasteiger partial charge in [0.25, 0.3) is 0 Å². The first-order chi connectivity index (χ1) is 8.19. The summed E-state index contributed by atoms with van der Waals surface area (Å²) >= 11 is 3.63. The summed E-state index contributed by atoms with van der Waals surface area (Å²) in [7, 11) is 0. The molecule has 0 amide bonds. The van der Waals surface area contributed by atoms with Gasteiger partial charge in [-0.05, 0) is 52.3 Å². The second kappa shape index (κ2) is 4.53. The molecule has 0 unspecified atom stereocenters. The van der Waals surface area contributed by atoms with Crippen LogP contribution in [0.3, 0.4) is 0 Å². The number of hydrogen-bond acceptors (Lipinski definition) is 2. The van der Waals surface area contributed by atoms with Crippen LogP contribution < -0.4 is 10.2 Å². The van der Waals surface area contributed by atoms with E-state index in [0.717, 1.165) is 13.1 Å². The van der Waals surface area contributed by atoms with Crippen LogP contribution in [0.15, 0.2) is 22.7 Å². The molecule has 2 nitrogen and oxygen atoms in total. The van der Waals surface area contributed by atoms with E-state index in [0.29, 0.717) is 0 Å². The molecule has 1 aromatic rings. The summed E-state index contributed by atoms with van der Waals surface area (Å²) < 4.78 is 1.19. The summed E-state index contributed by atoms with van der Waals surface area (Å²) in [5.41, 5.74) is 2.86. The van der Waals surface area contributed by atoms with Crippen molar-refractivity contribution in [3.05, 3.63) is 28.2 Å². The standard InChI is InChI=1S/C15H23BrN2/c1-11-6-7-12(8-13(11)16)18-9-14(2,3)17-15(4,5)10-18/h6-8,17H,9-10H2,1-5H3. The van der Waals surface area contributed by atoms with Gasteiger partial charge in [-0.25, -0.2) is 0 Å². The predicted octanol–water partition coefficient (Wildman–Crippen LogP) is 3.72. The van der Waals surface area contributed by atoms with Gasteiger partial charge in [-0.2, -0.15) is 0 Å². The lowest BCUT2D eigenvalue weighted by atomic mass is 9.91. The summed E-state index contributed by atoms with van der Waals surface area (Å²) in [5.74, 6) is 0. The third-order valence-electron chi connectivity index (χ3n) is 3.37. The molecular weight excluding hydrogens is 288 g/mol. The molecule has 3 heteroatoms. The quantitative estimate of drug-likeness (QED) is 0.850. The fourth-order valence-electron chi connectivity index (χ4n) is 2.97. The third-order valence-corrected chi connectivity index (χ3v) is 4.22. The molecule has 2 rings (SSSR count). The highest BCUT2D eigenvalue weighted by atomic mass is 79.9. The van der Waals surface area contributed by atoms with E-state index in [1.54, 1.807) is 0 Å². The molecular formula is C15H23BrN2. The molecule has 100 valence electrons. The normalized spacial score (nSPS) is 22.0. The molecule has 0 spiro atoms. The summed E-state index contributed by atoms with van der Waals surface area (Å²) in [6, 6.07) is 6.63. The van der Waals surface area contributed by atoms with Crippen LogP contribution in [0.25, 0.3) is 0 Å². The molecule has 1 aliphatic heterocycles. The van der Waals surface area contributed by atoms with Crippen molar-refractivity contribution in [1.29, 1.82) is 0 Å². The lowest BCUT2D eigenvalue weighted by Gasteiger charge is -2.49. The van der Waals surface area contributed by atoms with Gasteiger partial charge in [0, 0.05) is 34.3 Å². The van der Waals surface area contributed by atoms with Gasteiger partial charge >= 0.3 is 0 Å². The number of hydrogen-bond donors (Lipinski definition) is 1. The Hall–Kier alpha value is -0.540. The minimum atomic E-state index is 0.138. The van der Waals surface area contributed by atoms with E-state index in [9.17, 15) is 0 Å². The molecule has 0 aliphatic carbocycles. The first-order valence-electron chi connectivity index (χ1n) is 6.49. The Bertz CT molecular complexity index is 436. The maximum Gasteiger partial charge on any atom is 0.0378 e. The molecule has 0 bridgehead atoms. The smallest absolute Gasteiger partial charge is 0.0378 e. The zero-order chi connectivity index (χ0) is 13.6. The molecule has 0 saturated carbocycles. The zero-order valence-electron chi connectivity index (χ0n) is 12.0. The van der Waals surface area contributed by atoms with Crippen LogP contribution in [0.4, 0.5) is 5.69 Å². The molecule has 1 heterocycles. The van der Waals surface area contributed by atoms with Crippen molar-refractivity contribution < 1.29 is 0 Å². The van der Waals surface area contributed by atoms with Crippen molar-refractivity contribution in [2.24, 2.45) is 0 Å². The predicted molar refractivity (Wildman–Crippen MR) is 82.4 cm³/mol.